The third-order valence-electron chi connectivity index (χ3n) is 16.2. The molecular weight excluding hydrogens is 588 g/mol. The zero-order valence-electron chi connectivity index (χ0n) is 30.9. The lowest BCUT2D eigenvalue weighted by Crippen LogP contribution is -2.68. The highest BCUT2D eigenvalue weighted by Gasteiger charge is 2.72. The van der Waals surface area contributed by atoms with Gasteiger partial charge in [0.25, 0.3) is 0 Å². The van der Waals surface area contributed by atoms with Crippen LogP contribution in [-0.2, 0) is 23.9 Å². The van der Waals surface area contributed by atoms with Gasteiger partial charge >= 0.3 is 11.9 Å². The summed E-state index contributed by atoms with van der Waals surface area (Å²) in [7, 11) is 0. The number of rotatable bonds is 6. The van der Waals surface area contributed by atoms with Gasteiger partial charge in [0.15, 0.2) is 0 Å². The number of hydrogen-bond acceptors (Lipinski definition) is 6. The molecule has 0 aromatic rings. The van der Waals surface area contributed by atoms with Crippen LogP contribution in [0.2, 0.25) is 0 Å². The van der Waals surface area contributed by atoms with Crippen molar-refractivity contribution in [2.24, 2.45) is 56.7 Å². The standard InChI is InChI=1S/C40H64N2O5/c1-10-41-21-23-42(24-22-41)35(45)40-18-13-29(26(2)3)34(40)30-11-12-32-36(6)16-15-33(47-28(5)44)37(7,25-46-27(4)43)31(36)14-17-39(32,9)38(30,8)19-20-40/h29-34H,2,10-25H2,1,3-9H3/t29-,30?,31?,32?,33-,34?,36-,37-,38+,39+,40-/m0/s1. The Labute approximate surface area is 284 Å². The van der Waals surface area contributed by atoms with Gasteiger partial charge in [-0.25, -0.2) is 0 Å². The molecule has 6 fully saturated rings. The van der Waals surface area contributed by atoms with E-state index in [1.165, 1.54) is 32.3 Å². The van der Waals surface area contributed by atoms with Gasteiger partial charge < -0.3 is 19.3 Å². The first kappa shape index (κ1) is 35.0. The molecule has 264 valence electrons. The molecule has 0 N–H and O–H groups in total. The quantitative estimate of drug-likeness (QED) is 0.222. The van der Waals surface area contributed by atoms with Crippen LogP contribution in [0, 0.1) is 56.7 Å². The Bertz CT molecular complexity index is 1270. The monoisotopic (exact) mass is 652 g/mol. The number of hydrogen-bond donors (Lipinski definition) is 0. The lowest BCUT2D eigenvalue weighted by molar-refractivity contribution is -0.257. The molecule has 5 aliphatic carbocycles. The van der Waals surface area contributed by atoms with Crippen LogP contribution in [-0.4, -0.2) is 73.1 Å². The normalized spacial score (nSPS) is 46.3. The van der Waals surface area contributed by atoms with Gasteiger partial charge in [-0.1, -0.05) is 46.8 Å². The summed E-state index contributed by atoms with van der Waals surface area (Å²) in [6.45, 7) is 27.0. The fourth-order valence-corrected chi connectivity index (χ4v) is 13.7. The number of fused-ring (bicyclic) bond motifs is 7. The second-order valence-corrected chi connectivity index (χ2v) is 18.0. The zero-order valence-corrected chi connectivity index (χ0v) is 30.9. The van der Waals surface area contributed by atoms with Crippen LogP contribution in [0.3, 0.4) is 0 Å². The Morgan fingerprint density at radius 3 is 2.09 bits per heavy atom. The predicted octanol–water partition coefficient (Wildman–Crippen LogP) is 7.28. The van der Waals surface area contributed by atoms with Crippen LogP contribution in [0.1, 0.15) is 120 Å². The largest absolute Gasteiger partial charge is 0.465 e. The number of piperazine rings is 1. The Balaban J connectivity index is 1.33. The predicted molar refractivity (Wildman–Crippen MR) is 184 cm³/mol. The Morgan fingerprint density at radius 2 is 1.47 bits per heavy atom. The summed E-state index contributed by atoms with van der Waals surface area (Å²) in [4.78, 5) is 43.8. The molecule has 4 unspecified atom stereocenters. The number of nitrogens with zero attached hydrogens (tertiary/aromatic N) is 2. The maximum atomic E-state index is 14.8. The van der Waals surface area contributed by atoms with E-state index < -0.39 is 5.41 Å². The van der Waals surface area contributed by atoms with E-state index in [4.69, 9.17) is 9.47 Å². The molecule has 1 amide bonds. The van der Waals surface area contributed by atoms with Crippen molar-refractivity contribution in [3.05, 3.63) is 12.2 Å². The van der Waals surface area contributed by atoms with E-state index in [0.29, 0.717) is 42.1 Å². The second kappa shape index (κ2) is 12.2. The van der Waals surface area contributed by atoms with Crippen molar-refractivity contribution in [1.29, 1.82) is 0 Å². The number of carbonyl (C=O) groups excluding carboxylic acids is 3. The fraction of sp³-hybridized carbons (Fsp3) is 0.875. The molecule has 7 heteroatoms. The third kappa shape index (κ3) is 5.16. The molecule has 0 bridgehead atoms. The number of esters is 2. The van der Waals surface area contributed by atoms with Gasteiger partial charge in [-0.15, -0.1) is 0 Å². The number of ether oxygens (including phenoxy) is 2. The Kier molecular flexibility index (Phi) is 9.04. The topological polar surface area (TPSA) is 76.2 Å². The third-order valence-corrected chi connectivity index (χ3v) is 16.2. The van der Waals surface area contributed by atoms with Gasteiger partial charge in [0.2, 0.25) is 5.91 Å². The van der Waals surface area contributed by atoms with Crippen LogP contribution in [0.25, 0.3) is 0 Å². The summed E-state index contributed by atoms with van der Waals surface area (Å²) in [6.07, 6.45) is 10.3. The summed E-state index contributed by atoms with van der Waals surface area (Å²) in [5, 5.41) is 0. The summed E-state index contributed by atoms with van der Waals surface area (Å²) in [5.74, 6) is 2.05. The highest BCUT2D eigenvalue weighted by Crippen LogP contribution is 2.77. The van der Waals surface area contributed by atoms with E-state index in [1.807, 2.05) is 0 Å². The van der Waals surface area contributed by atoms with Crippen molar-refractivity contribution in [2.75, 3.05) is 39.3 Å². The van der Waals surface area contributed by atoms with Crippen molar-refractivity contribution in [3.8, 4) is 0 Å². The summed E-state index contributed by atoms with van der Waals surface area (Å²) in [5.41, 5.74) is 0.933. The lowest BCUT2D eigenvalue weighted by Gasteiger charge is -2.73. The van der Waals surface area contributed by atoms with E-state index >= 15 is 0 Å². The van der Waals surface area contributed by atoms with Gasteiger partial charge in [0.05, 0.1) is 5.41 Å². The fourth-order valence-electron chi connectivity index (χ4n) is 13.7. The molecule has 1 aliphatic heterocycles. The van der Waals surface area contributed by atoms with E-state index in [-0.39, 0.29) is 39.7 Å². The van der Waals surface area contributed by atoms with Gasteiger partial charge in [-0.2, -0.15) is 0 Å². The minimum Gasteiger partial charge on any atom is -0.465 e. The smallest absolute Gasteiger partial charge is 0.302 e. The van der Waals surface area contributed by atoms with Gasteiger partial charge in [0.1, 0.15) is 12.7 Å². The van der Waals surface area contributed by atoms with E-state index in [0.717, 1.165) is 84.1 Å². The molecule has 11 atom stereocenters. The van der Waals surface area contributed by atoms with Gasteiger partial charge in [-0.05, 0) is 124 Å². The van der Waals surface area contributed by atoms with E-state index in [2.05, 4.69) is 57.9 Å². The SMILES string of the molecule is C=C(C)[C@@H]1CC[C@]2(C(=O)N3CCN(CC)CC3)CC[C@]3(C)C(CCC4[C@@]5(C)CC[C@H](OC(C)=O)[C@@](C)(COC(C)=O)C5CC[C@]43C)C12. The minimum atomic E-state index is -0.421. The van der Waals surface area contributed by atoms with Crippen molar-refractivity contribution in [2.45, 2.75) is 126 Å². The zero-order chi connectivity index (χ0) is 34.2. The number of allylic oxidation sites excluding steroid dienone is 1. The molecular formula is C40H64N2O5. The van der Waals surface area contributed by atoms with Crippen LogP contribution >= 0.6 is 0 Å². The number of likely N-dealkylation sites (N-methyl/N-ethyl adjacent to an activating group) is 1. The average Bonchev–Trinajstić information content (AvgIpc) is 3.43. The number of amides is 1. The molecule has 6 aliphatic rings. The molecule has 47 heavy (non-hydrogen) atoms. The summed E-state index contributed by atoms with van der Waals surface area (Å²) < 4.78 is 11.8. The van der Waals surface area contributed by atoms with E-state index in [9.17, 15) is 14.4 Å². The second-order valence-electron chi connectivity index (χ2n) is 18.0. The molecule has 0 aromatic heterocycles. The highest BCUT2D eigenvalue weighted by atomic mass is 16.6. The van der Waals surface area contributed by atoms with Crippen LogP contribution in [0.4, 0.5) is 0 Å². The van der Waals surface area contributed by atoms with Crippen molar-refractivity contribution < 1.29 is 23.9 Å². The van der Waals surface area contributed by atoms with Crippen LogP contribution < -0.4 is 0 Å². The number of carbonyl (C=O) groups is 3. The Morgan fingerprint density at radius 1 is 0.766 bits per heavy atom. The molecule has 0 spiro atoms. The van der Waals surface area contributed by atoms with Gasteiger partial charge in [0, 0.05) is 45.4 Å². The maximum absolute atomic E-state index is 14.8. The molecule has 1 heterocycles. The van der Waals surface area contributed by atoms with Crippen LogP contribution in [0.15, 0.2) is 12.2 Å². The first-order chi connectivity index (χ1) is 22.1. The minimum absolute atomic E-state index is 0.0548. The highest BCUT2D eigenvalue weighted by molar-refractivity contribution is 5.84. The molecule has 1 saturated heterocycles. The molecule has 6 rings (SSSR count). The summed E-state index contributed by atoms with van der Waals surface area (Å²) >= 11 is 0. The van der Waals surface area contributed by atoms with Crippen molar-refractivity contribution >= 4 is 17.8 Å². The van der Waals surface area contributed by atoms with Crippen molar-refractivity contribution in [1.82, 2.24) is 9.80 Å². The first-order valence-corrected chi connectivity index (χ1v) is 19.0. The van der Waals surface area contributed by atoms with Crippen molar-refractivity contribution in [3.63, 3.8) is 0 Å². The summed E-state index contributed by atoms with van der Waals surface area (Å²) in [6, 6.07) is 0. The molecule has 0 radical (unpaired) electrons. The van der Waals surface area contributed by atoms with Crippen LogP contribution in [0.5, 0.6) is 0 Å². The maximum Gasteiger partial charge on any atom is 0.302 e. The van der Waals surface area contributed by atoms with E-state index in [1.54, 1.807) is 0 Å². The van der Waals surface area contributed by atoms with Gasteiger partial charge in [-0.3, -0.25) is 14.4 Å². The lowest BCUT2D eigenvalue weighted by atomic mass is 9.32. The average molecular weight is 653 g/mol. The Hall–Kier alpha value is -1.89. The molecule has 0 aromatic carbocycles. The first-order valence-electron chi connectivity index (χ1n) is 19.0. The molecule has 5 saturated carbocycles. The molecule has 7 nitrogen and oxygen atoms in total.